The molecule has 5 nitrogen and oxygen atoms in total. The molecule has 0 radical (unpaired) electrons. The Balaban J connectivity index is 2.68. The predicted molar refractivity (Wildman–Crippen MR) is 74.3 cm³/mol. The average molecular weight is 278 g/mol. The summed E-state index contributed by atoms with van der Waals surface area (Å²) in [7, 11) is 1.55. The highest BCUT2D eigenvalue weighted by Gasteiger charge is 2.26. The van der Waals surface area contributed by atoms with Crippen molar-refractivity contribution in [1.29, 1.82) is 0 Å². The maximum atomic E-state index is 12.0. The van der Waals surface area contributed by atoms with Crippen molar-refractivity contribution in [3.05, 3.63) is 24.3 Å². The van der Waals surface area contributed by atoms with E-state index in [1.807, 2.05) is 6.92 Å². The van der Waals surface area contributed by atoms with Gasteiger partial charge in [0.1, 0.15) is 5.75 Å². The van der Waals surface area contributed by atoms with E-state index < -0.39 is 11.4 Å². The van der Waals surface area contributed by atoms with E-state index in [2.05, 4.69) is 5.32 Å². The maximum Gasteiger partial charge on any atom is 0.224 e. The first-order valence-corrected chi connectivity index (χ1v) is 6.52. The quantitative estimate of drug-likeness (QED) is 0.821. The van der Waals surface area contributed by atoms with E-state index in [9.17, 15) is 14.7 Å². The van der Waals surface area contributed by atoms with Crippen LogP contribution in [0.5, 0.6) is 5.75 Å². The number of nitrogens with one attached hydrogen (secondary N) is 1. The van der Waals surface area contributed by atoms with Gasteiger partial charge in [-0.15, -0.1) is 0 Å². The summed E-state index contributed by atoms with van der Waals surface area (Å²) in [5.41, 5.74) is 0.0307. The second kappa shape index (κ2) is 6.93. The van der Waals surface area contributed by atoms with Gasteiger partial charge in [-0.25, -0.2) is 0 Å². The van der Waals surface area contributed by atoms with Gasteiger partial charge in [0.2, 0.25) is 5.91 Å². The molecule has 1 amide bonds. The molecule has 0 aliphatic rings. The lowest BCUT2D eigenvalue weighted by Crippen LogP contribution is -2.33. The van der Waals surface area contributed by atoms with Crippen LogP contribution < -0.4 is 15.2 Å². The molecule has 0 aliphatic carbocycles. The number of carbonyl (C=O) groups excluding carboxylic acids is 2. The molecule has 5 heteroatoms. The van der Waals surface area contributed by atoms with Crippen LogP contribution in [0.1, 0.15) is 33.1 Å². The Bertz CT molecular complexity index is 487. The van der Waals surface area contributed by atoms with Crippen LogP contribution in [0.2, 0.25) is 0 Å². The summed E-state index contributed by atoms with van der Waals surface area (Å²) in [5, 5.41) is 13.5. The Kier molecular flexibility index (Phi) is 5.55. The summed E-state index contributed by atoms with van der Waals surface area (Å²) in [6.07, 6.45) is 0.593. The third kappa shape index (κ3) is 4.91. The summed E-state index contributed by atoms with van der Waals surface area (Å²) in [5.74, 6) is -0.705. The van der Waals surface area contributed by atoms with Crippen molar-refractivity contribution in [3.8, 4) is 5.75 Å². The SMILES string of the molecule is CC[C@](C)(CC(=O)[O-])CC(=O)Nc1cccc(OC)c1. The van der Waals surface area contributed by atoms with Crippen LogP contribution in [-0.4, -0.2) is 19.0 Å². The van der Waals surface area contributed by atoms with Crippen molar-refractivity contribution in [1.82, 2.24) is 0 Å². The van der Waals surface area contributed by atoms with Gasteiger partial charge in [0.25, 0.3) is 0 Å². The summed E-state index contributed by atoms with van der Waals surface area (Å²) >= 11 is 0. The molecule has 1 N–H and O–H groups in total. The fourth-order valence-corrected chi connectivity index (χ4v) is 1.95. The van der Waals surface area contributed by atoms with Crippen LogP contribution in [-0.2, 0) is 9.59 Å². The molecule has 0 saturated carbocycles. The zero-order chi connectivity index (χ0) is 15.2. The van der Waals surface area contributed by atoms with Gasteiger partial charge >= 0.3 is 0 Å². The van der Waals surface area contributed by atoms with Crippen molar-refractivity contribution in [2.45, 2.75) is 33.1 Å². The number of hydrogen-bond acceptors (Lipinski definition) is 4. The molecule has 1 rings (SSSR count). The third-order valence-corrected chi connectivity index (χ3v) is 3.37. The van der Waals surface area contributed by atoms with E-state index in [1.165, 1.54) is 0 Å². The summed E-state index contributed by atoms with van der Waals surface area (Å²) in [4.78, 5) is 22.7. The number of hydrogen-bond donors (Lipinski definition) is 1. The Hall–Kier alpha value is -2.04. The lowest BCUT2D eigenvalue weighted by atomic mass is 9.80. The number of carboxylic acid groups (broad SMARTS) is 1. The van der Waals surface area contributed by atoms with Crippen molar-refractivity contribution in [3.63, 3.8) is 0 Å². The molecular weight excluding hydrogens is 258 g/mol. The Labute approximate surface area is 118 Å². The second-order valence-corrected chi connectivity index (χ2v) is 5.17. The first kappa shape index (κ1) is 16.0. The molecule has 1 aromatic rings. The van der Waals surface area contributed by atoms with E-state index in [1.54, 1.807) is 38.3 Å². The summed E-state index contributed by atoms with van der Waals surface area (Å²) in [6.45, 7) is 3.63. The van der Waals surface area contributed by atoms with Gasteiger partial charge in [0.05, 0.1) is 7.11 Å². The molecule has 0 aliphatic heterocycles. The second-order valence-electron chi connectivity index (χ2n) is 5.17. The van der Waals surface area contributed by atoms with Crippen LogP contribution in [0.25, 0.3) is 0 Å². The fraction of sp³-hybridized carbons (Fsp3) is 0.467. The Morgan fingerprint density at radius 2 is 2.05 bits per heavy atom. The molecule has 20 heavy (non-hydrogen) atoms. The van der Waals surface area contributed by atoms with Crippen molar-refractivity contribution >= 4 is 17.6 Å². The Morgan fingerprint density at radius 3 is 2.60 bits per heavy atom. The average Bonchev–Trinajstić information content (AvgIpc) is 2.37. The minimum Gasteiger partial charge on any atom is -0.550 e. The van der Waals surface area contributed by atoms with Gasteiger partial charge in [-0.3, -0.25) is 4.79 Å². The van der Waals surface area contributed by atoms with Crippen LogP contribution in [0.15, 0.2) is 24.3 Å². The van der Waals surface area contributed by atoms with Crippen LogP contribution in [0.3, 0.4) is 0 Å². The van der Waals surface area contributed by atoms with Gasteiger partial charge in [0.15, 0.2) is 0 Å². The minimum atomic E-state index is -1.14. The third-order valence-electron chi connectivity index (χ3n) is 3.37. The van der Waals surface area contributed by atoms with Crippen LogP contribution in [0, 0.1) is 5.41 Å². The van der Waals surface area contributed by atoms with Gasteiger partial charge < -0.3 is 20.0 Å². The van der Waals surface area contributed by atoms with Crippen LogP contribution in [0.4, 0.5) is 5.69 Å². The number of ether oxygens (including phenoxy) is 1. The number of amides is 1. The monoisotopic (exact) mass is 278 g/mol. The molecule has 0 aromatic heterocycles. The van der Waals surface area contributed by atoms with Crippen LogP contribution >= 0.6 is 0 Å². The van der Waals surface area contributed by atoms with E-state index in [4.69, 9.17) is 4.74 Å². The molecule has 0 unspecified atom stereocenters. The highest BCUT2D eigenvalue weighted by atomic mass is 16.5. The highest BCUT2D eigenvalue weighted by Crippen LogP contribution is 2.30. The zero-order valence-electron chi connectivity index (χ0n) is 12.1. The van der Waals surface area contributed by atoms with E-state index in [0.29, 0.717) is 17.9 Å². The van der Waals surface area contributed by atoms with Crippen molar-refractivity contribution in [2.24, 2.45) is 5.41 Å². The molecule has 1 atom stereocenters. The first-order valence-electron chi connectivity index (χ1n) is 6.52. The van der Waals surface area contributed by atoms with Gasteiger partial charge in [-0.1, -0.05) is 19.9 Å². The molecule has 1 aromatic carbocycles. The first-order chi connectivity index (χ1) is 9.38. The van der Waals surface area contributed by atoms with E-state index in [-0.39, 0.29) is 18.7 Å². The minimum absolute atomic E-state index is 0.130. The lowest BCUT2D eigenvalue weighted by molar-refractivity contribution is -0.308. The molecule has 0 heterocycles. The predicted octanol–water partition coefficient (Wildman–Crippen LogP) is 1.58. The highest BCUT2D eigenvalue weighted by molar-refractivity contribution is 5.91. The summed E-state index contributed by atoms with van der Waals surface area (Å²) < 4.78 is 5.07. The number of methoxy groups -OCH3 is 1. The molecule has 0 spiro atoms. The maximum absolute atomic E-state index is 12.0. The Morgan fingerprint density at radius 1 is 1.35 bits per heavy atom. The smallest absolute Gasteiger partial charge is 0.224 e. The number of anilines is 1. The zero-order valence-corrected chi connectivity index (χ0v) is 12.1. The molecule has 110 valence electrons. The number of carboxylic acids is 1. The van der Waals surface area contributed by atoms with Gasteiger partial charge in [-0.05, 0) is 30.4 Å². The topological polar surface area (TPSA) is 78.5 Å². The largest absolute Gasteiger partial charge is 0.550 e. The van der Waals surface area contributed by atoms with E-state index >= 15 is 0 Å². The number of benzene rings is 1. The van der Waals surface area contributed by atoms with Gasteiger partial charge in [0, 0.05) is 24.1 Å². The van der Waals surface area contributed by atoms with Gasteiger partial charge in [-0.2, -0.15) is 0 Å². The normalized spacial score (nSPS) is 13.3. The molecule has 0 bridgehead atoms. The molecule has 0 fully saturated rings. The van der Waals surface area contributed by atoms with E-state index in [0.717, 1.165) is 0 Å². The molecular formula is C15H20NO4-. The van der Waals surface area contributed by atoms with Crippen molar-refractivity contribution in [2.75, 3.05) is 12.4 Å². The number of carbonyl (C=O) groups is 2. The lowest BCUT2D eigenvalue weighted by Gasteiger charge is -2.28. The molecule has 0 saturated heterocycles. The number of aliphatic carboxylic acids is 1. The fourth-order valence-electron chi connectivity index (χ4n) is 1.95. The number of rotatable bonds is 7. The standard InChI is InChI=1S/C15H21NO4/c1-4-15(2,10-14(18)19)9-13(17)16-11-6-5-7-12(8-11)20-3/h5-8H,4,9-10H2,1-3H3,(H,16,17)(H,18,19)/p-1/t15-/m0/s1. The summed E-state index contributed by atoms with van der Waals surface area (Å²) in [6, 6.07) is 7.01. The van der Waals surface area contributed by atoms with Crippen molar-refractivity contribution < 1.29 is 19.4 Å².